The van der Waals surface area contributed by atoms with Crippen LogP contribution in [0.15, 0.2) is 78.9 Å². The molecule has 0 aromatic heterocycles. The molecule has 4 rings (SSSR count). The van der Waals surface area contributed by atoms with Gasteiger partial charge in [0.05, 0.1) is 10.5 Å². The molecule has 146 valence electrons. The first-order valence-electron chi connectivity index (χ1n) is 9.12. The predicted octanol–water partition coefficient (Wildman–Crippen LogP) is 5.27. The molecule has 3 aromatic carbocycles. The fourth-order valence-electron chi connectivity index (χ4n) is 3.22. The number of carbonyl (C=O) groups excluding carboxylic acids is 1. The van der Waals surface area contributed by atoms with Crippen LogP contribution < -0.4 is 4.74 Å². The molecule has 29 heavy (non-hydrogen) atoms. The van der Waals surface area contributed by atoms with Gasteiger partial charge in [0.2, 0.25) is 0 Å². The van der Waals surface area contributed by atoms with Crippen LogP contribution >= 0.6 is 11.8 Å². The van der Waals surface area contributed by atoms with Crippen molar-refractivity contribution < 1.29 is 14.5 Å². The van der Waals surface area contributed by atoms with E-state index in [2.05, 4.69) is 0 Å². The summed E-state index contributed by atoms with van der Waals surface area (Å²) in [6, 6.07) is 22.9. The van der Waals surface area contributed by atoms with Crippen LogP contribution in [0.5, 0.6) is 11.5 Å². The lowest BCUT2D eigenvalue weighted by atomic mass is 10.1. The van der Waals surface area contributed by atoms with E-state index in [1.807, 2.05) is 42.5 Å². The highest BCUT2D eigenvalue weighted by molar-refractivity contribution is 7.99. The highest BCUT2D eigenvalue weighted by atomic mass is 32.2. The minimum atomic E-state index is -0.425. The summed E-state index contributed by atoms with van der Waals surface area (Å²) < 4.78 is 5.94. The zero-order valence-electron chi connectivity index (χ0n) is 15.4. The fraction of sp³-hybridized carbons (Fsp3) is 0.136. The number of para-hydroxylation sites is 2. The molecular weight excluding hydrogens is 388 g/mol. The van der Waals surface area contributed by atoms with Gasteiger partial charge in [0.15, 0.2) is 0 Å². The first kappa shape index (κ1) is 19.0. The molecule has 0 radical (unpaired) electrons. The van der Waals surface area contributed by atoms with Gasteiger partial charge in [-0.3, -0.25) is 14.9 Å². The minimum absolute atomic E-state index is 0.0382. The third kappa shape index (κ3) is 4.09. The maximum atomic E-state index is 13.3. The van der Waals surface area contributed by atoms with Gasteiger partial charge >= 0.3 is 0 Å². The molecule has 1 fully saturated rings. The largest absolute Gasteiger partial charge is 0.457 e. The summed E-state index contributed by atoms with van der Waals surface area (Å²) >= 11 is 1.65. The van der Waals surface area contributed by atoms with Crippen molar-refractivity contribution in [3.8, 4) is 11.5 Å². The van der Waals surface area contributed by atoms with E-state index in [0.29, 0.717) is 23.6 Å². The number of ether oxygens (including phenoxy) is 1. The number of non-ortho nitro benzene ring substituents is 1. The lowest BCUT2D eigenvalue weighted by molar-refractivity contribution is -0.384. The summed E-state index contributed by atoms with van der Waals surface area (Å²) in [5.41, 5.74) is 1.40. The van der Waals surface area contributed by atoms with Crippen LogP contribution in [-0.2, 0) is 0 Å². The molecule has 1 heterocycles. The Bertz CT molecular complexity index is 1020. The van der Waals surface area contributed by atoms with Gasteiger partial charge in [-0.05, 0) is 42.0 Å². The SMILES string of the molecule is O=C(c1ccccc1Oc1ccccc1)N1CCSC1c1ccc([N+](=O)[O-])cc1. The van der Waals surface area contributed by atoms with E-state index < -0.39 is 4.92 Å². The normalized spacial score (nSPS) is 15.9. The Labute approximate surface area is 172 Å². The van der Waals surface area contributed by atoms with Gasteiger partial charge in [0.25, 0.3) is 11.6 Å². The molecule has 1 amide bonds. The number of rotatable bonds is 5. The van der Waals surface area contributed by atoms with Crippen molar-refractivity contribution >= 4 is 23.4 Å². The maximum absolute atomic E-state index is 13.3. The van der Waals surface area contributed by atoms with Gasteiger partial charge in [-0.1, -0.05) is 30.3 Å². The maximum Gasteiger partial charge on any atom is 0.269 e. The van der Waals surface area contributed by atoms with Crippen LogP contribution in [0.4, 0.5) is 5.69 Å². The lowest BCUT2D eigenvalue weighted by Gasteiger charge is -2.25. The van der Waals surface area contributed by atoms with E-state index in [0.717, 1.165) is 11.3 Å². The van der Waals surface area contributed by atoms with Crippen LogP contribution in [0, 0.1) is 10.1 Å². The molecule has 1 unspecified atom stereocenters. The summed E-state index contributed by atoms with van der Waals surface area (Å²) in [4.78, 5) is 25.6. The molecule has 0 saturated carbocycles. The van der Waals surface area contributed by atoms with Crippen molar-refractivity contribution in [2.75, 3.05) is 12.3 Å². The summed E-state index contributed by atoms with van der Waals surface area (Å²) in [6.07, 6.45) is 0. The summed E-state index contributed by atoms with van der Waals surface area (Å²) in [5, 5.41) is 10.7. The number of carbonyl (C=O) groups is 1. The van der Waals surface area contributed by atoms with Crippen molar-refractivity contribution in [1.29, 1.82) is 0 Å². The number of nitro groups is 1. The van der Waals surface area contributed by atoms with Gasteiger partial charge in [-0.25, -0.2) is 0 Å². The van der Waals surface area contributed by atoms with Gasteiger partial charge in [0.1, 0.15) is 16.9 Å². The monoisotopic (exact) mass is 406 g/mol. The zero-order valence-corrected chi connectivity index (χ0v) is 16.2. The molecular formula is C22H18N2O4S. The number of hydrogen-bond donors (Lipinski definition) is 0. The molecule has 1 atom stereocenters. The van der Waals surface area contributed by atoms with Crippen molar-refractivity contribution in [3.63, 3.8) is 0 Å². The van der Waals surface area contributed by atoms with Gasteiger partial charge in [-0.15, -0.1) is 11.8 Å². The lowest BCUT2D eigenvalue weighted by Crippen LogP contribution is -2.30. The van der Waals surface area contributed by atoms with E-state index in [1.165, 1.54) is 12.1 Å². The first-order valence-corrected chi connectivity index (χ1v) is 10.2. The molecule has 0 N–H and O–H groups in total. The Balaban J connectivity index is 1.59. The Morgan fingerprint density at radius 2 is 1.69 bits per heavy atom. The minimum Gasteiger partial charge on any atom is -0.457 e. The number of amides is 1. The third-order valence-corrected chi connectivity index (χ3v) is 5.89. The van der Waals surface area contributed by atoms with Crippen LogP contribution in [0.2, 0.25) is 0 Å². The van der Waals surface area contributed by atoms with Crippen LogP contribution in [-0.4, -0.2) is 28.0 Å². The number of hydrogen-bond acceptors (Lipinski definition) is 5. The van der Waals surface area contributed by atoms with Crippen molar-refractivity contribution in [2.45, 2.75) is 5.37 Å². The Hall–Kier alpha value is -3.32. The number of benzene rings is 3. The second kappa shape index (κ2) is 8.36. The van der Waals surface area contributed by atoms with E-state index in [1.54, 1.807) is 40.9 Å². The molecule has 6 nitrogen and oxygen atoms in total. The molecule has 0 bridgehead atoms. The predicted molar refractivity (Wildman–Crippen MR) is 112 cm³/mol. The van der Waals surface area contributed by atoms with Crippen molar-refractivity contribution in [2.24, 2.45) is 0 Å². The molecule has 7 heteroatoms. The van der Waals surface area contributed by atoms with Crippen LogP contribution in [0.3, 0.4) is 0 Å². The van der Waals surface area contributed by atoms with Crippen molar-refractivity contribution in [3.05, 3.63) is 100 Å². The van der Waals surface area contributed by atoms with Gasteiger partial charge < -0.3 is 9.64 Å². The second-order valence-corrected chi connectivity index (χ2v) is 7.67. The molecule has 1 saturated heterocycles. The molecule has 1 aliphatic rings. The first-order chi connectivity index (χ1) is 14.1. The van der Waals surface area contributed by atoms with Gasteiger partial charge in [-0.2, -0.15) is 0 Å². The van der Waals surface area contributed by atoms with Gasteiger partial charge in [0, 0.05) is 24.4 Å². The number of nitrogens with zero attached hydrogens (tertiary/aromatic N) is 2. The van der Waals surface area contributed by atoms with Crippen LogP contribution in [0.25, 0.3) is 0 Å². The molecule has 1 aliphatic heterocycles. The van der Waals surface area contributed by atoms with Crippen LogP contribution in [0.1, 0.15) is 21.3 Å². The average molecular weight is 406 g/mol. The van der Waals surface area contributed by atoms with E-state index in [9.17, 15) is 14.9 Å². The zero-order chi connectivity index (χ0) is 20.2. The molecule has 0 aliphatic carbocycles. The Morgan fingerprint density at radius 1 is 1.00 bits per heavy atom. The summed E-state index contributed by atoms with van der Waals surface area (Å²) in [5.74, 6) is 1.85. The number of thioether (sulfide) groups is 1. The quantitative estimate of drug-likeness (QED) is 0.426. The summed E-state index contributed by atoms with van der Waals surface area (Å²) in [6.45, 7) is 0.602. The standard InChI is InChI=1S/C22H18N2O4S/c25-21(19-8-4-5-9-20(19)28-18-6-2-1-3-7-18)23-14-15-29-22(23)16-10-12-17(13-11-16)24(26)27/h1-13,22H,14-15H2. The highest BCUT2D eigenvalue weighted by Crippen LogP contribution is 2.40. The average Bonchev–Trinajstić information content (AvgIpc) is 3.24. The molecule has 0 spiro atoms. The van der Waals surface area contributed by atoms with Crippen molar-refractivity contribution in [1.82, 2.24) is 4.90 Å². The van der Waals surface area contributed by atoms with E-state index in [-0.39, 0.29) is 17.0 Å². The fourth-order valence-corrected chi connectivity index (χ4v) is 4.47. The second-order valence-electron chi connectivity index (χ2n) is 6.48. The number of nitro benzene ring substituents is 1. The Morgan fingerprint density at radius 3 is 2.41 bits per heavy atom. The Kier molecular flexibility index (Phi) is 5.48. The third-order valence-electron chi connectivity index (χ3n) is 4.63. The smallest absolute Gasteiger partial charge is 0.269 e. The highest BCUT2D eigenvalue weighted by Gasteiger charge is 2.32. The molecule has 3 aromatic rings. The van der Waals surface area contributed by atoms with E-state index in [4.69, 9.17) is 4.74 Å². The summed E-state index contributed by atoms with van der Waals surface area (Å²) in [7, 11) is 0. The topological polar surface area (TPSA) is 72.7 Å². The van der Waals surface area contributed by atoms with E-state index >= 15 is 0 Å².